The van der Waals surface area contributed by atoms with Crippen molar-refractivity contribution in [3.8, 4) is 0 Å². The van der Waals surface area contributed by atoms with Crippen molar-refractivity contribution in [2.45, 2.75) is 38.3 Å². The minimum absolute atomic E-state index is 0.501. The van der Waals surface area contributed by atoms with E-state index in [9.17, 15) is 0 Å². The molecule has 0 spiro atoms. The summed E-state index contributed by atoms with van der Waals surface area (Å²) in [6.45, 7) is 3.79. The number of pyridine rings is 1. The molecule has 0 bridgehead atoms. The lowest BCUT2D eigenvalue weighted by atomic mass is 10.2. The van der Waals surface area contributed by atoms with E-state index >= 15 is 0 Å². The zero-order chi connectivity index (χ0) is 15.8. The molecule has 0 amide bonds. The number of nitrogens with zero attached hydrogens (tertiary/aromatic N) is 3. The molecular formula is C17H23N5O. The van der Waals surface area contributed by atoms with Gasteiger partial charge in [0.05, 0.1) is 18.3 Å². The van der Waals surface area contributed by atoms with Gasteiger partial charge in [-0.15, -0.1) is 0 Å². The van der Waals surface area contributed by atoms with Crippen LogP contribution in [0, 0.1) is 6.92 Å². The van der Waals surface area contributed by atoms with Crippen LogP contribution in [0.1, 0.15) is 31.1 Å². The van der Waals surface area contributed by atoms with Crippen molar-refractivity contribution in [2.24, 2.45) is 0 Å². The quantitative estimate of drug-likeness (QED) is 0.710. The van der Waals surface area contributed by atoms with Crippen LogP contribution in [0.5, 0.6) is 0 Å². The summed E-state index contributed by atoms with van der Waals surface area (Å²) in [6.07, 6.45) is 7.36. The molecular weight excluding hydrogens is 290 g/mol. The largest absolute Gasteiger partial charge is 0.383 e. The second-order valence-electron chi connectivity index (χ2n) is 6.37. The van der Waals surface area contributed by atoms with E-state index in [1.165, 1.54) is 23.7 Å². The van der Waals surface area contributed by atoms with E-state index < -0.39 is 0 Å². The maximum absolute atomic E-state index is 5.13. The highest BCUT2D eigenvalue weighted by Crippen LogP contribution is 2.35. The minimum atomic E-state index is 0.501. The smallest absolute Gasteiger partial charge is 0.139 e. The van der Waals surface area contributed by atoms with E-state index in [0.29, 0.717) is 12.1 Å². The van der Waals surface area contributed by atoms with Crippen LogP contribution in [-0.2, 0) is 4.74 Å². The molecule has 3 aromatic rings. The van der Waals surface area contributed by atoms with Crippen molar-refractivity contribution in [3.05, 3.63) is 24.3 Å². The van der Waals surface area contributed by atoms with Gasteiger partial charge in [0.1, 0.15) is 17.0 Å². The maximum Gasteiger partial charge on any atom is 0.139 e. The minimum Gasteiger partial charge on any atom is -0.383 e. The lowest BCUT2D eigenvalue weighted by Crippen LogP contribution is -2.29. The summed E-state index contributed by atoms with van der Waals surface area (Å²) in [5, 5.41) is 4.76. The Morgan fingerprint density at radius 3 is 3.22 bits per heavy atom. The number of aryl methyl sites for hydroxylation is 1. The number of methoxy groups -OCH3 is 1. The van der Waals surface area contributed by atoms with E-state index in [-0.39, 0.29) is 0 Å². The van der Waals surface area contributed by atoms with Crippen LogP contribution in [0.3, 0.4) is 0 Å². The van der Waals surface area contributed by atoms with Gasteiger partial charge in [-0.25, -0.2) is 9.97 Å². The van der Waals surface area contributed by atoms with Crippen molar-refractivity contribution in [3.63, 3.8) is 0 Å². The molecule has 6 heteroatoms. The monoisotopic (exact) mass is 313 g/mol. The van der Waals surface area contributed by atoms with Gasteiger partial charge in [-0.2, -0.15) is 0 Å². The fraction of sp³-hybridized carbons (Fsp3) is 0.529. The van der Waals surface area contributed by atoms with E-state index in [4.69, 9.17) is 9.72 Å². The Hall–Kier alpha value is -1.92. The molecule has 0 radical (unpaired) electrons. The van der Waals surface area contributed by atoms with Gasteiger partial charge in [-0.1, -0.05) is 0 Å². The van der Waals surface area contributed by atoms with Gasteiger partial charge in [-0.3, -0.25) is 0 Å². The number of hydrogen-bond acceptors (Lipinski definition) is 4. The Morgan fingerprint density at radius 1 is 1.43 bits per heavy atom. The molecule has 1 aliphatic rings. The van der Waals surface area contributed by atoms with Crippen LogP contribution in [0.4, 0.5) is 0 Å². The number of aromatic amines is 1. The SMILES string of the molecule is COCCN[C@H]1CC[C@H](n2c(C)nc3cnc4[nH]ccc4c32)C1. The molecule has 3 aromatic heterocycles. The van der Waals surface area contributed by atoms with E-state index in [2.05, 4.69) is 32.8 Å². The van der Waals surface area contributed by atoms with Crippen molar-refractivity contribution in [1.29, 1.82) is 0 Å². The third kappa shape index (κ3) is 2.52. The number of imidazole rings is 1. The average Bonchev–Trinajstić information content (AvgIpc) is 3.23. The summed E-state index contributed by atoms with van der Waals surface area (Å²) in [5.41, 5.74) is 3.15. The number of fused-ring (bicyclic) bond motifs is 3. The van der Waals surface area contributed by atoms with E-state index in [0.717, 1.165) is 36.6 Å². The first kappa shape index (κ1) is 14.7. The Kier molecular flexibility index (Phi) is 3.79. The molecule has 0 saturated heterocycles. The summed E-state index contributed by atoms with van der Waals surface area (Å²) in [4.78, 5) is 12.4. The highest BCUT2D eigenvalue weighted by Gasteiger charge is 2.28. The summed E-state index contributed by atoms with van der Waals surface area (Å²) in [6, 6.07) is 3.17. The van der Waals surface area contributed by atoms with E-state index in [1.807, 2.05) is 12.4 Å². The van der Waals surface area contributed by atoms with Crippen molar-refractivity contribution in [2.75, 3.05) is 20.3 Å². The first-order valence-corrected chi connectivity index (χ1v) is 8.31. The summed E-state index contributed by atoms with van der Waals surface area (Å²) < 4.78 is 7.55. The highest BCUT2D eigenvalue weighted by atomic mass is 16.5. The second kappa shape index (κ2) is 5.94. The van der Waals surface area contributed by atoms with Crippen LogP contribution in [0.15, 0.2) is 18.5 Å². The lowest BCUT2D eigenvalue weighted by Gasteiger charge is -2.17. The molecule has 4 rings (SSSR count). The third-order valence-corrected chi connectivity index (χ3v) is 4.92. The predicted molar refractivity (Wildman–Crippen MR) is 90.7 cm³/mol. The van der Waals surface area contributed by atoms with E-state index in [1.54, 1.807) is 7.11 Å². The lowest BCUT2D eigenvalue weighted by molar-refractivity contribution is 0.195. The van der Waals surface area contributed by atoms with Gasteiger partial charge in [-0.05, 0) is 32.3 Å². The third-order valence-electron chi connectivity index (χ3n) is 4.92. The van der Waals surface area contributed by atoms with Crippen LogP contribution in [0.2, 0.25) is 0 Å². The Bertz CT molecular complexity index is 821. The van der Waals surface area contributed by atoms with Gasteiger partial charge < -0.3 is 19.6 Å². The number of H-pyrrole nitrogens is 1. The molecule has 0 unspecified atom stereocenters. The topological polar surface area (TPSA) is 67.8 Å². The highest BCUT2D eigenvalue weighted by molar-refractivity contribution is 6.01. The van der Waals surface area contributed by atoms with Crippen LogP contribution in [0.25, 0.3) is 22.1 Å². The summed E-state index contributed by atoms with van der Waals surface area (Å²) in [5.74, 6) is 1.08. The van der Waals surface area contributed by atoms with Gasteiger partial charge >= 0.3 is 0 Å². The van der Waals surface area contributed by atoms with Gasteiger partial charge in [0, 0.05) is 37.3 Å². The zero-order valence-electron chi connectivity index (χ0n) is 13.7. The molecule has 3 heterocycles. The fourth-order valence-corrected chi connectivity index (χ4v) is 3.90. The number of nitrogens with one attached hydrogen (secondary N) is 2. The average molecular weight is 313 g/mol. The maximum atomic E-state index is 5.13. The molecule has 1 saturated carbocycles. The molecule has 1 aliphatic carbocycles. The Balaban J connectivity index is 1.66. The molecule has 2 atom stereocenters. The number of aromatic nitrogens is 4. The van der Waals surface area contributed by atoms with Crippen LogP contribution < -0.4 is 5.32 Å². The first-order valence-electron chi connectivity index (χ1n) is 8.31. The predicted octanol–water partition coefficient (Wildman–Crippen LogP) is 2.55. The molecule has 23 heavy (non-hydrogen) atoms. The molecule has 1 fully saturated rings. The first-order chi connectivity index (χ1) is 11.3. The molecule has 6 nitrogen and oxygen atoms in total. The van der Waals surface area contributed by atoms with Crippen molar-refractivity contribution in [1.82, 2.24) is 24.8 Å². The van der Waals surface area contributed by atoms with Crippen LogP contribution in [-0.4, -0.2) is 45.8 Å². The number of ether oxygens (including phenoxy) is 1. The van der Waals surface area contributed by atoms with Crippen molar-refractivity contribution >= 4 is 22.1 Å². The van der Waals surface area contributed by atoms with Gasteiger partial charge in [0.2, 0.25) is 0 Å². The number of rotatable bonds is 5. The van der Waals surface area contributed by atoms with Gasteiger partial charge in [0.25, 0.3) is 0 Å². The fourth-order valence-electron chi connectivity index (χ4n) is 3.90. The zero-order valence-corrected chi connectivity index (χ0v) is 13.7. The molecule has 0 aliphatic heterocycles. The molecule has 2 N–H and O–H groups in total. The van der Waals surface area contributed by atoms with Crippen LogP contribution >= 0.6 is 0 Å². The summed E-state index contributed by atoms with van der Waals surface area (Å²) >= 11 is 0. The normalized spacial score (nSPS) is 21.7. The summed E-state index contributed by atoms with van der Waals surface area (Å²) in [7, 11) is 1.75. The Morgan fingerprint density at radius 2 is 2.35 bits per heavy atom. The standard InChI is InChI=1S/C17H23N5O/c1-11-21-15-10-20-17-14(5-6-19-17)16(15)22(11)13-4-3-12(9-13)18-7-8-23-2/h5-6,10,12-13,18H,3-4,7-9H2,1-2H3,(H,19,20)/t12-,13-/m0/s1. The Labute approximate surface area is 135 Å². The molecule has 122 valence electrons. The molecule has 0 aromatic carbocycles. The number of hydrogen-bond donors (Lipinski definition) is 2. The van der Waals surface area contributed by atoms with Gasteiger partial charge in [0.15, 0.2) is 0 Å². The van der Waals surface area contributed by atoms with Crippen molar-refractivity contribution < 1.29 is 4.74 Å². The second-order valence-corrected chi connectivity index (χ2v) is 6.37.